The predicted octanol–water partition coefficient (Wildman–Crippen LogP) is 2.65. The minimum absolute atomic E-state index is 0.0792. The van der Waals surface area contributed by atoms with Crippen LogP contribution in [0.5, 0.6) is 5.75 Å². The molecule has 0 saturated heterocycles. The van der Waals surface area contributed by atoms with Crippen LogP contribution in [-0.4, -0.2) is 25.6 Å². The molecule has 21 heavy (non-hydrogen) atoms. The Bertz CT molecular complexity index is 477. The van der Waals surface area contributed by atoms with Gasteiger partial charge in [-0.1, -0.05) is 19.9 Å². The Labute approximate surface area is 126 Å². The summed E-state index contributed by atoms with van der Waals surface area (Å²) in [6, 6.07) is 4.07. The largest absolute Gasteiger partial charge is 0.497 e. The molecule has 1 rings (SSSR count). The van der Waals surface area contributed by atoms with E-state index in [1.165, 1.54) is 13.2 Å². The van der Waals surface area contributed by atoms with Crippen LogP contribution >= 0.6 is 0 Å². The van der Waals surface area contributed by atoms with Crippen LogP contribution in [0.4, 0.5) is 4.39 Å². The maximum Gasteiger partial charge on any atom is 0.236 e. The van der Waals surface area contributed by atoms with Crippen molar-refractivity contribution >= 4 is 5.91 Å². The second kappa shape index (κ2) is 7.98. The molecular formula is C16H25FN2O2. The first kappa shape index (κ1) is 17.4. The first-order chi connectivity index (χ1) is 9.85. The maximum absolute atomic E-state index is 14.0. The van der Waals surface area contributed by atoms with Crippen molar-refractivity contribution < 1.29 is 13.9 Å². The van der Waals surface area contributed by atoms with E-state index in [-0.39, 0.29) is 23.8 Å². The zero-order valence-corrected chi connectivity index (χ0v) is 13.4. The third-order valence-corrected chi connectivity index (χ3v) is 3.25. The Kier molecular flexibility index (Phi) is 6.62. The molecule has 0 saturated carbocycles. The number of rotatable bonds is 7. The van der Waals surface area contributed by atoms with Crippen molar-refractivity contribution in [2.24, 2.45) is 5.92 Å². The highest BCUT2D eigenvalue weighted by molar-refractivity contribution is 5.81. The Morgan fingerprint density at radius 2 is 1.95 bits per heavy atom. The number of halogens is 1. The van der Waals surface area contributed by atoms with Gasteiger partial charge in [-0.15, -0.1) is 0 Å². The van der Waals surface area contributed by atoms with Crippen molar-refractivity contribution in [3.05, 3.63) is 29.6 Å². The summed E-state index contributed by atoms with van der Waals surface area (Å²) in [5.41, 5.74) is 0.513. The molecule has 0 aliphatic rings. The summed E-state index contributed by atoms with van der Waals surface area (Å²) in [7, 11) is 1.50. The van der Waals surface area contributed by atoms with Crippen LogP contribution < -0.4 is 15.4 Å². The standard InChI is InChI=1S/C16H25FN2O2/c1-10(2)9-18-16(20)12(4)19-11(3)14-7-6-13(21-5)8-15(14)17/h6-8,10-12,19H,9H2,1-5H3,(H,18,20). The lowest BCUT2D eigenvalue weighted by Gasteiger charge is -2.21. The Morgan fingerprint density at radius 1 is 1.29 bits per heavy atom. The molecule has 2 atom stereocenters. The van der Waals surface area contributed by atoms with Gasteiger partial charge in [0.15, 0.2) is 0 Å². The number of ether oxygens (including phenoxy) is 1. The highest BCUT2D eigenvalue weighted by atomic mass is 19.1. The van der Waals surface area contributed by atoms with Crippen LogP contribution in [-0.2, 0) is 4.79 Å². The van der Waals surface area contributed by atoms with Gasteiger partial charge in [-0.2, -0.15) is 0 Å². The number of carbonyl (C=O) groups is 1. The number of nitrogens with one attached hydrogen (secondary N) is 2. The van der Waals surface area contributed by atoms with E-state index in [1.807, 2.05) is 20.8 Å². The highest BCUT2D eigenvalue weighted by Gasteiger charge is 2.18. The molecule has 2 unspecified atom stereocenters. The van der Waals surface area contributed by atoms with Crippen molar-refractivity contribution in [3.63, 3.8) is 0 Å². The molecule has 0 radical (unpaired) electrons. The summed E-state index contributed by atoms with van der Waals surface area (Å²) >= 11 is 0. The van der Waals surface area contributed by atoms with Gasteiger partial charge >= 0.3 is 0 Å². The normalized spacial score (nSPS) is 13.9. The summed E-state index contributed by atoms with van der Waals surface area (Å²) < 4.78 is 19.0. The second-order valence-corrected chi connectivity index (χ2v) is 5.64. The zero-order valence-electron chi connectivity index (χ0n) is 13.4. The summed E-state index contributed by atoms with van der Waals surface area (Å²) in [4.78, 5) is 11.9. The summed E-state index contributed by atoms with van der Waals surface area (Å²) in [5, 5.41) is 5.96. The van der Waals surface area contributed by atoms with E-state index in [2.05, 4.69) is 10.6 Å². The van der Waals surface area contributed by atoms with Crippen LogP contribution in [0.25, 0.3) is 0 Å². The van der Waals surface area contributed by atoms with Crippen LogP contribution in [0, 0.1) is 11.7 Å². The number of hydrogen-bond donors (Lipinski definition) is 2. The Hall–Kier alpha value is -1.62. The van der Waals surface area contributed by atoms with Gasteiger partial charge in [-0.3, -0.25) is 10.1 Å². The van der Waals surface area contributed by atoms with E-state index in [1.54, 1.807) is 19.1 Å². The molecule has 0 spiro atoms. The lowest BCUT2D eigenvalue weighted by atomic mass is 10.1. The lowest BCUT2D eigenvalue weighted by Crippen LogP contribution is -2.44. The fourth-order valence-electron chi connectivity index (χ4n) is 1.98. The van der Waals surface area contributed by atoms with Gasteiger partial charge in [0.2, 0.25) is 5.91 Å². The van der Waals surface area contributed by atoms with Gasteiger partial charge in [-0.05, 0) is 25.8 Å². The molecule has 0 heterocycles. The van der Waals surface area contributed by atoms with Crippen LogP contribution in [0.15, 0.2) is 18.2 Å². The van der Waals surface area contributed by atoms with E-state index >= 15 is 0 Å². The van der Waals surface area contributed by atoms with Crippen LogP contribution in [0.3, 0.4) is 0 Å². The Morgan fingerprint density at radius 3 is 2.48 bits per heavy atom. The third-order valence-electron chi connectivity index (χ3n) is 3.25. The van der Waals surface area contributed by atoms with E-state index in [9.17, 15) is 9.18 Å². The SMILES string of the molecule is COc1ccc(C(C)NC(C)C(=O)NCC(C)C)c(F)c1. The minimum atomic E-state index is -0.389. The van der Waals surface area contributed by atoms with Crippen LogP contribution in [0.1, 0.15) is 39.3 Å². The summed E-state index contributed by atoms with van der Waals surface area (Å²) in [5.74, 6) is 0.456. The van der Waals surface area contributed by atoms with Gasteiger partial charge < -0.3 is 10.1 Å². The first-order valence-corrected chi connectivity index (χ1v) is 7.22. The average Bonchev–Trinajstić information content (AvgIpc) is 2.43. The van der Waals surface area contributed by atoms with Crippen molar-refractivity contribution in [1.29, 1.82) is 0 Å². The molecule has 0 aliphatic carbocycles. The molecule has 4 nitrogen and oxygen atoms in total. The number of carbonyl (C=O) groups excluding carboxylic acids is 1. The van der Waals surface area contributed by atoms with Gasteiger partial charge in [0.25, 0.3) is 0 Å². The van der Waals surface area contributed by atoms with Crippen molar-refractivity contribution in [1.82, 2.24) is 10.6 Å². The minimum Gasteiger partial charge on any atom is -0.497 e. The van der Waals surface area contributed by atoms with E-state index in [0.717, 1.165) is 0 Å². The van der Waals surface area contributed by atoms with Crippen LogP contribution in [0.2, 0.25) is 0 Å². The molecule has 0 bridgehead atoms. The van der Waals surface area contributed by atoms with Crippen molar-refractivity contribution in [3.8, 4) is 5.75 Å². The topological polar surface area (TPSA) is 50.4 Å². The molecule has 2 N–H and O–H groups in total. The fraction of sp³-hybridized carbons (Fsp3) is 0.562. The molecule has 0 aliphatic heterocycles. The number of benzene rings is 1. The maximum atomic E-state index is 14.0. The van der Waals surface area contributed by atoms with Crippen molar-refractivity contribution in [2.75, 3.05) is 13.7 Å². The smallest absolute Gasteiger partial charge is 0.236 e. The zero-order chi connectivity index (χ0) is 16.0. The molecular weight excluding hydrogens is 271 g/mol. The van der Waals surface area contributed by atoms with E-state index < -0.39 is 0 Å². The molecule has 5 heteroatoms. The summed E-state index contributed by atoms with van der Waals surface area (Å²) in [6.07, 6.45) is 0. The third kappa shape index (κ3) is 5.34. The summed E-state index contributed by atoms with van der Waals surface area (Å²) in [6.45, 7) is 8.31. The molecule has 1 aromatic carbocycles. The molecule has 1 amide bonds. The lowest BCUT2D eigenvalue weighted by molar-refractivity contribution is -0.123. The fourth-order valence-corrected chi connectivity index (χ4v) is 1.98. The Balaban J connectivity index is 2.63. The van der Waals surface area contributed by atoms with Gasteiger partial charge in [0.05, 0.1) is 13.2 Å². The molecule has 1 aromatic rings. The van der Waals surface area contributed by atoms with Gasteiger partial charge in [0, 0.05) is 24.2 Å². The molecule has 118 valence electrons. The van der Waals surface area contributed by atoms with E-state index in [0.29, 0.717) is 23.8 Å². The molecule has 0 fully saturated rings. The predicted molar refractivity (Wildman–Crippen MR) is 81.8 cm³/mol. The second-order valence-electron chi connectivity index (χ2n) is 5.64. The molecule has 0 aromatic heterocycles. The number of methoxy groups -OCH3 is 1. The first-order valence-electron chi connectivity index (χ1n) is 7.22. The van der Waals surface area contributed by atoms with Gasteiger partial charge in [0.1, 0.15) is 11.6 Å². The van der Waals surface area contributed by atoms with Crippen molar-refractivity contribution in [2.45, 2.75) is 39.8 Å². The quantitative estimate of drug-likeness (QED) is 0.813. The monoisotopic (exact) mass is 296 g/mol. The average molecular weight is 296 g/mol. The number of amides is 1. The number of hydrogen-bond acceptors (Lipinski definition) is 3. The van der Waals surface area contributed by atoms with E-state index in [4.69, 9.17) is 4.74 Å². The highest BCUT2D eigenvalue weighted by Crippen LogP contribution is 2.22. The van der Waals surface area contributed by atoms with Gasteiger partial charge in [-0.25, -0.2) is 4.39 Å².